The van der Waals surface area contributed by atoms with Crippen molar-refractivity contribution in [3.05, 3.63) is 0 Å². The molecule has 0 aliphatic carbocycles. The van der Waals surface area contributed by atoms with E-state index in [0.29, 0.717) is 6.04 Å². The number of aliphatic hydroxyl groups is 1. The second kappa shape index (κ2) is 7.22. The fourth-order valence-corrected chi connectivity index (χ4v) is 2.40. The largest absolute Gasteiger partial charge is 0.395 e. The Morgan fingerprint density at radius 3 is 2.81 bits per heavy atom. The highest BCUT2D eigenvalue weighted by Crippen LogP contribution is 2.12. The number of aliphatic hydroxyl groups excluding tert-OH is 1. The van der Waals surface area contributed by atoms with Gasteiger partial charge in [0.15, 0.2) is 0 Å². The molecule has 1 saturated heterocycles. The maximum absolute atomic E-state index is 8.93. The molecule has 0 bridgehead atoms. The predicted octanol–water partition coefficient (Wildman–Crippen LogP) is 0.112. The predicted molar refractivity (Wildman–Crippen MR) is 67.4 cm³/mol. The lowest BCUT2D eigenvalue weighted by Crippen LogP contribution is -2.42. The van der Waals surface area contributed by atoms with E-state index in [1.165, 1.54) is 25.9 Å². The molecule has 96 valence electrons. The summed E-state index contributed by atoms with van der Waals surface area (Å²) in [7, 11) is 2.20. The van der Waals surface area contributed by atoms with Crippen LogP contribution in [0.1, 0.15) is 26.2 Å². The summed E-state index contributed by atoms with van der Waals surface area (Å²) in [6, 6.07) is 0.594. The van der Waals surface area contributed by atoms with Crippen molar-refractivity contribution in [2.24, 2.45) is 5.73 Å². The minimum atomic E-state index is -0.0570. The van der Waals surface area contributed by atoms with Crippen LogP contribution in [0, 0.1) is 0 Å². The van der Waals surface area contributed by atoms with Crippen molar-refractivity contribution in [1.82, 2.24) is 9.80 Å². The molecule has 0 amide bonds. The average molecular weight is 229 g/mol. The molecule has 1 rings (SSSR count). The fourth-order valence-electron chi connectivity index (χ4n) is 2.40. The van der Waals surface area contributed by atoms with Gasteiger partial charge in [-0.05, 0) is 39.4 Å². The quantitative estimate of drug-likeness (QED) is 0.703. The van der Waals surface area contributed by atoms with Gasteiger partial charge >= 0.3 is 0 Å². The Morgan fingerprint density at radius 1 is 1.44 bits per heavy atom. The van der Waals surface area contributed by atoms with Crippen molar-refractivity contribution in [2.45, 2.75) is 38.3 Å². The molecule has 0 aromatic heterocycles. The summed E-state index contributed by atoms with van der Waals surface area (Å²) in [6.07, 6.45) is 3.33. The Labute approximate surface area is 99.4 Å². The molecular formula is C12H27N3O. The number of hydrogen-bond acceptors (Lipinski definition) is 4. The number of rotatable bonds is 5. The minimum absolute atomic E-state index is 0.0570. The lowest BCUT2D eigenvalue weighted by molar-refractivity contribution is 0.168. The van der Waals surface area contributed by atoms with Crippen molar-refractivity contribution in [1.29, 1.82) is 0 Å². The molecule has 1 fully saturated rings. The van der Waals surface area contributed by atoms with E-state index in [0.717, 1.165) is 19.5 Å². The maximum Gasteiger partial charge on any atom is 0.0583 e. The molecule has 0 spiro atoms. The third-order valence-electron chi connectivity index (χ3n) is 3.52. The molecule has 0 aromatic carbocycles. The van der Waals surface area contributed by atoms with Gasteiger partial charge in [0, 0.05) is 25.2 Å². The van der Waals surface area contributed by atoms with E-state index in [1.54, 1.807) is 0 Å². The molecule has 1 heterocycles. The van der Waals surface area contributed by atoms with Gasteiger partial charge in [-0.2, -0.15) is 0 Å². The van der Waals surface area contributed by atoms with Gasteiger partial charge < -0.3 is 15.7 Å². The van der Waals surface area contributed by atoms with Crippen LogP contribution in [0.5, 0.6) is 0 Å². The zero-order chi connectivity index (χ0) is 12.0. The van der Waals surface area contributed by atoms with Gasteiger partial charge in [0.2, 0.25) is 0 Å². The SMILES string of the molecule is CCC1CN(C)CCCN1CCC(N)CO. The molecule has 0 saturated carbocycles. The van der Waals surface area contributed by atoms with Crippen LogP contribution in [0.15, 0.2) is 0 Å². The van der Waals surface area contributed by atoms with Gasteiger partial charge in [-0.25, -0.2) is 0 Å². The van der Waals surface area contributed by atoms with E-state index in [2.05, 4.69) is 23.8 Å². The van der Waals surface area contributed by atoms with E-state index in [1.807, 2.05) is 0 Å². The Bertz CT molecular complexity index is 189. The van der Waals surface area contributed by atoms with Crippen LogP contribution in [0.4, 0.5) is 0 Å². The summed E-state index contributed by atoms with van der Waals surface area (Å²) in [5.74, 6) is 0. The first-order valence-electron chi connectivity index (χ1n) is 6.46. The molecule has 1 aliphatic heterocycles. The molecule has 3 N–H and O–H groups in total. The van der Waals surface area contributed by atoms with Crippen molar-refractivity contribution in [2.75, 3.05) is 39.8 Å². The molecule has 4 nitrogen and oxygen atoms in total. The summed E-state index contributed by atoms with van der Waals surface area (Å²) < 4.78 is 0. The van der Waals surface area contributed by atoms with Gasteiger partial charge in [-0.3, -0.25) is 4.90 Å². The molecule has 2 unspecified atom stereocenters. The van der Waals surface area contributed by atoms with Crippen LogP contribution >= 0.6 is 0 Å². The Hall–Kier alpha value is -0.160. The van der Waals surface area contributed by atoms with Gasteiger partial charge in [0.1, 0.15) is 0 Å². The average Bonchev–Trinajstić information content (AvgIpc) is 2.47. The number of likely N-dealkylation sites (N-methyl/N-ethyl adjacent to an activating group) is 1. The van der Waals surface area contributed by atoms with E-state index in [9.17, 15) is 0 Å². The molecule has 16 heavy (non-hydrogen) atoms. The summed E-state index contributed by atoms with van der Waals surface area (Å²) in [6.45, 7) is 6.90. The molecule has 1 aliphatic rings. The van der Waals surface area contributed by atoms with Crippen LogP contribution in [-0.2, 0) is 0 Å². The number of hydrogen-bond donors (Lipinski definition) is 2. The summed E-state index contributed by atoms with van der Waals surface area (Å²) in [4.78, 5) is 4.96. The van der Waals surface area contributed by atoms with E-state index in [-0.39, 0.29) is 12.6 Å². The van der Waals surface area contributed by atoms with E-state index in [4.69, 9.17) is 10.8 Å². The van der Waals surface area contributed by atoms with Gasteiger partial charge in [-0.15, -0.1) is 0 Å². The van der Waals surface area contributed by atoms with Gasteiger partial charge in [0.05, 0.1) is 6.61 Å². The zero-order valence-electron chi connectivity index (χ0n) is 10.7. The van der Waals surface area contributed by atoms with Crippen LogP contribution in [0.25, 0.3) is 0 Å². The van der Waals surface area contributed by atoms with Crippen LogP contribution in [0.2, 0.25) is 0 Å². The second-order valence-electron chi connectivity index (χ2n) is 4.95. The standard InChI is InChI=1S/C12H27N3O/c1-3-12-9-14(2)6-4-7-15(12)8-5-11(13)10-16/h11-12,16H,3-10,13H2,1-2H3. The molecule has 0 radical (unpaired) electrons. The van der Waals surface area contributed by atoms with Crippen molar-refractivity contribution < 1.29 is 5.11 Å². The first-order valence-corrected chi connectivity index (χ1v) is 6.46. The smallest absolute Gasteiger partial charge is 0.0583 e. The maximum atomic E-state index is 8.93. The Kier molecular flexibility index (Phi) is 6.28. The highest BCUT2D eigenvalue weighted by molar-refractivity contribution is 4.78. The fraction of sp³-hybridized carbons (Fsp3) is 1.00. The first-order chi connectivity index (χ1) is 7.67. The summed E-state index contributed by atoms with van der Waals surface area (Å²) >= 11 is 0. The Morgan fingerprint density at radius 2 is 2.19 bits per heavy atom. The van der Waals surface area contributed by atoms with Crippen LogP contribution in [-0.4, -0.2) is 66.8 Å². The number of nitrogens with two attached hydrogens (primary N) is 1. The van der Waals surface area contributed by atoms with Crippen molar-refractivity contribution in [3.63, 3.8) is 0 Å². The van der Waals surface area contributed by atoms with Gasteiger partial charge in [-0.1, -0.05) is 6.92 Å². The Balaban J connectivity index is 2.41. The van der Waals surface area contributed by atoms with Crippen molar-refractivity contribution in [3.8, 4) is 0 Å². The van der Waals surface area contributed by atoms with Gasteiger partial charge in [0.25, 0.3) is 0 Å². The zero-order valence-corrected chi connectivity index (χ0v) is 10.7. The van der Waals surface area contributed by atoms with E-state index >= 15 is 0 Å². The molecule has 4 heteroatoms. The second-order valence-corrected chi connectivity index (χ2v) is 4.95. The lowest BCUT2D eigenvalue weighted by atomic mass is 10.1. The highest BCUT2D eigenvalue weighted by atomic mass is 16.3. The molecule has 2 atom stereocenters. The summed E-state index contributed by atoms with van der Waals surface area (Å²) in [5, 5.41) is 8.93. The third-order valence-corrected chi connectivity index (χ3v) is 3.52. The molecule has 0 aromatic rings. The lowest BCUT2D eigenvalue weighted by Gasteiger charge is -2.30. The summed E-state index contributed by atoms with van der Waals surface area (Å²) in [5.41, 5.74) is 5.76. The normalized spacial score (nSPS) is 26.6. The van der Waals surface area contributed by atoms with Crippen molar-refractivity contribution >= 4 is 0 Å². The third kappa shape index (κ3) is 4.37. The van der Waals surface area contributed by atoms with Crippen LogP contribution in [0.3, 0.4) is 0 Å². The minimum Gasteiger partial charge on any atom is -0.395 e. The monoisotopic (exact) mass is 229 g/mol. The first kappa shape index (κ1) is 13.9. The number of nitrogens with zero attached hydrogens (tertiary/aromatic N) is 2. The molecular weight excluding hydrogens is 202 g/mol. The van der Waals surface area contributed by atoms with E-state index < -0.39 is 0 Å². The topological polar surface area (TPSA) is 52.7 Å². The van der Waals surface area contributed by atoms with Crippen LogP contribution < -0.4 is 5.73 Å². The highest BCUT2D eigenvalue weighted by Gasteiger charge is 2.21.